The Morgan fingerprint density at radius 3 is 2.71 bits per heavy atom. The molecule has 1 aromatic carbocycles. The zero-order valence-corrected chi connectivity index (χ0v) is 8.07. The molecule has 0 spiro atoms. The Morgan fingerprint density at radius 1 is 1.50 bits per heavy atom. The van der Waals surface area contributed by atoms with Gasteiger partial charge in [-0.05, 0) is 18.1 Å². The van der Waals surface area contributed by atoms with E-state index in [0.717, 1.165) is 11.1 Å². The number of primary amides is 1. The topological polar surface area (TPSA) is 78.3 Å². The van der Waals surface area contributed by atoms with Crippen molar-refractivity contribution >= 4 is 6.09 Å². The Bertz CT molecular complexity index is 326. The maximum absolute atomic E-state index is 10.6. The largest absolute Gasteiger partial charge is 0.442 e. The summed E-state index contributed by atoms with van der Waals surface area (Å²) in [5.41, 5.74) is 12.3. The van der Waals surface area contributed by atoms with Crippen LogP contribution in [-0.4, -0.2) is 6.09 Å². The lowest BCUT2D eigenvalue weighted by Crippen LogP contribution is -2.17. The number of benzene rings is 1. The van der Waals surface area contributed by atoms with Crippen LogP contribution in [0.2, 0.25) is 0 Å². The van der Waals surface area contributed by atoms with E-state index < -0.39 is 6.09 Å². The van der Waals surface area contributed by atoms with Gasteiger partial charge in [0.05, 0.1) is 0 Å². The minimum absolute atomic E-state index is 0.354. The summed E-state index contributed by atoms with van der Waals surface area (Å²) in [5, 5.41) is 0. The van der Waals surface area contributed by atoms with E-state index in [0.29, 0.717) is 6.54 Å². The standard InChI is InChI=1S/C10H14N2O2/c1-7(14-10(12)13)9-5-3-2-4-8(9)6-11/h2-5,7H,6,11H2,1H3,(H2,12,13). The van der Waals surface area contributed by atoms with Crippen LogP contribution in [0.5, 0.6) is 0 Å². The zero-order chi connectivity index (χ0) is 10.6. The lowest BCUT2D eigenvalue weighted by molar-refractivity contribution is 0.116. The minimum atomic E-state index is -0.774. The SMILES string of the molecule is CC(OC(N)=O)c1ccccc1CN. The molecule has 1 unspecified atom stereocenters. The van der Waals surface area contributed by atoms with Gasteiger partial charge in [0.25, 0.3) is 0 Å². The number of hydrogen-bond donors (Lipinski definition) is 2. The van der Waals surface area contributed by atoms with Crippen LogP contribution >= 0.6 is 0 Å². The van der Waals surface area contributed by atoms with E-state index >= 15 is 0 Å². The molecule has 0 heterocycles. The molecule has 0 fully saturated rings. The molecule has 0 bridgehead atoms. The van der Waals surface area contributed by atoms with E-state index in [2.05, 4.69) is 0 Å². The molecule has 0 saturated carbocycles. The molecule has 4 heteroatoms. The van der Waals surface area contributed by atoms with Crippen LogP contribution in [0.1, 0.15) is 24.2 Å². The first-order valence-corrected chi connectivity index (χ1v) is 4.39. The number of ether oxygens (including phenoxy) is 1. The molecule has 0 aliphatic carbocycles. The van der Waals surface area contributed by atoms with Gasteiger partial charge in [-0.3, -0.25) is 0 Å². The maximum Gasteiger partial charge on any atom is 0.405 e. The van der Waals surface area contributed by atoms with Crippen LogP contribution in [-0.2, 0) is 11.3 Å². The summed E-state index contributed by atoms with van der Waals surface area (Å²) in [6.07, 6.45) is -1.13. The number of carbonyl (C=O) groups is 1. The number of nitrogens with two attached hydrogens (primary N) is 2. The summed E-state index contributed by atoms with van der Waals surface area (Å²) in [5.74, 6) is 0. The Morgan fingerprint density at radius 2 is 2.14 bits per heavy atom. The third-order valence-corrected chi connectivity index (χ3v) is 2.01. The van der Waals surface area contributed by atoms with Crippen LogP contribution in [0.25, 0.3) is 0 Å². The van der Waals surface area contributed by atoms with Crippen molar-refractivity contribution < 1.29 is 9.53 Å². The van der Waals surface area contributed by atoms with Crippen molar-refractivity contribution in [3.8, 4) is 0 Å². The number of carbonyl (C=O) groups excluding carboxylic acids is 1. The third kappa shape index (κ3) is 2.47. The highest BCUT2D eigenvalue weighted by molar-refractivity contribution is 5.65. The Labute approximate surface area is 82.8 Å². The molecule has 1 rings (SSSR count). The summed E-state index contributed by atoms with van der Waals surface area (Å²) < 4.78 is 4.86. The van der Waals surface area contributed by atoms with Gasteiger partial charge in [0.2, 0.25) is 0 Å². The fraction of sp³-hybridized carbons (Fsp3) is 0.300. The van der Waals surface area contributed by atoms with Gasteiger partial charge in [-0.1, -0.05) is 24.3 Å². The second-order valence-corrected chi connectivity index (χ2v) is 2.98. The molecule has 76 valence electrons. The normalized spacial score (nSPS) is 12.1. The fourth-order valence-corrected chi connectivity index (χ4v) is 1.35. The zero-order valence-electron chi connectivity index (χ0n) is 8.07. The average molecular weight is 194 g/mol. The van der Waals surface area contributed by atoms with Crippen molar-refractivity contribution in [3.63, 3.8) is 0 Å². The third-order valence-electron chi connectivity index (χ3n) is 2.01. The molecule has 0 radical (unpaired) electrons. The quantitative estimate of drug-likeness (QED) is 0.761. The summed E-state index contributed by atoms with van der Waals surface area (Å²) in [4.78, 5) is 10.6. The molecule has 0 saturated heterocycles. The Balaban J connectivity index is 2.87. The molecule has 1 amide bonds. The molecule has 1 aromatic rings. The van der Waals surface area contributed by atoms with E-state index in [4.69, 9.17) is 16.2 Å². The van der Waals surface area contributed by atoms with Gasteiger partial charge in [-0.25, -0.2) is 4.79 Å². The van der Waals surface area contributed by atoms with Crippen molar-refractivity contribution in [3.05, 3.63) is 35.4 Å². The van der Waals surface area contributed by atoms with Gasteiger partial charge in [0.15, 0.2) is 0 Å². The molecular formula is C10H14N2O2. The first-order chi connectivity index (χ1) is 6.65. The van der Waals surface area contributed by atoms with Crippen molar-refractivity contribution in [2.75, 3.05) is 0 Å². The van der Waals surface area contributed by atoms with Crippen LogP contribution < -0.4 is 11.5 Å². The summed E-state index contributed by atoms with van der Waals surface area (Å²) >= 11 is 0. The fourth-order valence-electron chi connectivity index (χ4n) is 1.35. The van der Waals surface area contributed by atoms with Gasteiger partial charge < -0.3 is 16.2 Å². The predicted octanol–water partition coefficient (Wildman–Crippen LogP) is 1.30. The van der Waals surface area contributed by atoms with Crippen LogP contribution in [0, 0.1) is 0 Å². The summed E-state index contributed by atoms with van der Waals surface area (Å²) in [7, 11) is 0. The van der Waals surface area contributed by atoms with Gasteiger partial charge >= 0.3 is 6.09 Å². The van der Waals surface area contributed by atoms with E-state index in [1.54, 1.807) is 6.92 Å². The van der Waals surface area contributed by atoms with E-state index in [-0.39, 0.29) is 6.10 Å². The first-order valence-electron chi connectivity index (χ1n) is 4.39. The van der Waals surface area contributed by atoms with Gasteiger partial charge in [-0.15, -0.1) is 0 Å². The molecule has 4 N–H and O–H groups in total. The van der Waals surface area contributed by atoms with Crippen molar-refractivity contribution in [2.45, 2.75) is 19.6 Å². The number of amides is 1. The summed E-state index contributed by atoms with van der Waals surface area (Å²) in [6, 6.07) is 7.53. The lowest BCUT2D eigenvalue weighted by Gasteiger charge is -2.14. The second kappa shape index (κ2) is 4.62. The van der Waals surface area contributed by atoms with Crippen LogP contribution in [0.3, 0.4) is 0 Å². The van der Waals surface area contributed by atoms with Gasteiger partial charge in [0, 0.05) is 6.54 Å². The number of hydrogen-bond acceptors (Lipinski definition) is 3. The molecule has 4 nitrogen and oxygen atoms in total. The van der Waals surface area contributed by atoms with E-state index in [1.165, 1.54) is 0 Å². The molecule has 1 atom stereocenters. The van der Waals surface area contributed by atoms with Crippen LogP contribution in [0.15, 0.2) is 24.3 Å². The Hall–Kier alpha value is -1.55. The second-order valence-electron chi connectivity index (χ2n) is 2.98. The van der Waals surface area contributed by atoms with Crippen LogP contribution in [0.4, 0.5) is 4.79 Å². The van der Waals surface area contributed by atoms with Crippen molar-refractivity contribution in [1.82, 2.24) is 0 Å². The molecule has 0 aromatic heterocycles. The van der Waals surface area contributed by atoms with Crippen molar-refractivity contribution in [2.24, 2.45) is 11.5 Å². The molecule has 0 aliphatic heterocycles. The van der Waals surface area contributed by atoms with Gasteiger partial charge in [0.1, 0.15) is 6.10 Å². The summed E-state index contributed by atoms with van der Waals surface area (Å²) in [6.45, 7) is 2.18. The van der Waals surface area contributed by atoms with Crippen molar-refractivity contribution in [1.29, 1.82) is 0 Å². The highest BCUT2D eigenvalue weighted by Gasteiger charge is 2.11. The van der Waals surface area contributed by atoms with E-state index in [1.807, 2.05) is 24.3 Å². The average Bonchev–Trinajstić information content (AvgIpc) is 2.16. The Kier molecular flexibility index (Phi) is 3.48. The number of rotatable bonds is 3. The van der Waals surface area contributed by atoms with E-state index in [9.17, 15) is 4.79 Å². The first kappa shape index (κ1) is 10.5. The molecular weight excluding hydrogens is 180 g/mol. The monoisotopic (exact) mass is 194 g/mol. The predicted molar refractivity (Wildman–Crippen MR) is 53.4 cm³/mol. The highest BCUT2D eigenvalue weighted by atomic mass is 16.6. The molecule has 0 aliphatic rings. The molecule has 14 heavy (non-hydrogen) atoms. The smallest absolute Gasteiger partial charge is 0.405 e. The highest BCUT2D eigenvalue weighted by Crippen LogP contribution is 2.20. The maximum atomic E-state index is 10.6. The van der Waals surface area contributed by atoms with Gasteiger partial charge in [-0.2, -0.15) is 0 Å². The lowest BCUT2D eigenvalue weighted by atomic mass is 10.0. The minimum Gasteiger partial charge on any atom is -0.442 e.